The van der Waals surface area contributed by atoms with Crippen LogP contribution in [0.2, 0.25) is 0 Å². The van der Waals surface area contributed by atoms with Crippen LogP contribution in [0.3, 0.4) is 0 Å². The summed E-state index contributed by atoms with van der Waals surface area (Å²) >= 11 is 0. The maximum Gasteiger partial charge on any atom is 0.213 e. The Bertz CT molecular complexity index is 613. The Kier molecular flexibility index (Phi) is 3.71. The number of allylic oxidation sites excluding steroid dienone is 2. The largest absolute Gasteiger partial charge is 0.383 e. The van der Waals surface area contributed by atoms with Crippen molar-refractivity contribution in [2.45, 2.75) is 23.8 Å². The highest BCUT2D eigenvalue weighted by Gasteiger charge is 2.38. The molecule has 0 bridgehead atoms. The molecule has 0 amide bonds. The van der Waals surface area contributed by atoms with E-state index in [9.17, 15) is 39.1 Å². The van der Waals surface area contributed by atoms with Crippen LogP contribution in [-0.2, 0) is 9.84 Å². The van der Waals surface area contributed by atoms with Gasteiger partial charge in [-0.1, -0.05) is 0 Å². The molecule has 2 atom stereocenters. The van der Waals surface area contributed by atoms with E-state index >= 15 is 0 Å². The minimum Gasteiger partial charge on any atom is -0.383 e. The van der Waals surface area contributed by atoms with Gasteiger partial charge in [0.2, 0.25) is 21.4 Å². The molecular formula is C12H14O8S. The molecular weight excluding hydrogens is 304 g/mol. The SMILES string of the molecule is O=S(=O)(C1=CC(O)C(O)(O)C=C1)C1=CC(O)C(O)(O)C=C1. The van der Waals surface area contributed by atoms with E-state index < -0.39 is 43.4 Å². The van der Waals surface area contributed by atoms with E-state index in [1.165, 1.54) is 0 Å². The summed E-state index contributed by atoms with van der Waals surface area (Å²) in [4.78, 5) is -0.833. The number of sulfone groups is 1. The molecule has 116 valence electrons. The van der Waals surface area contributed by atoms with Gasteiger partial charge in [-0.15, -0.1) is 0 Å². The molecule has 0 heterocycles. The van der Waals surface area contributed by atoms with E-state index in [0.717, 1.165) is 24.3 Å². The zero-order valence-electron chi connectivity index (χ0n) is 10.5. The first-order valence-corrected chi connectivity index (χ1v) is 7.28. The van der Waals surface area contributed by atoms with Gasteiger partial charge in [-0.3, -0.25) is 0 Å². The summed E-state index contributed by atoms with van der Waals surface area (Å²) in [5.41, 5.74) is 0. The van der Waals surface area contributed by atoms with Gasteiger partial charge in [-0.05, 0) is 36.5 Å². The highest BCUT2D eigenvalue weighted by Crippen LogP contribution is 2.30. The molecule has 8 nitrogen and oxygen atoms in total. The average molecular weight is 318 g/mol. The summed E-state index contributed by atoms with van der Waals surface area (Å²) in [6.07, 6.45) is 0.963. The molecule has 6 N–H and O–H groups in total. The summed E-state index contributed by atoms with van der Waals surface area (Å²) in [7, 11) is -4.17. The van der Waals surface area contributed by atoms with E-state index in [0.29, 0.717) is 12.2 Å². The van der Waals surface area contributed by atoms with E-state index in [1.54, 1.807) is 0 Å². The van der Waals surface area contributed by atoms with Crippen LogP contribution in [0, 0.1) is 0 Å². The fourth-order valence-corrected chi connectivity index (χ4v) is 3.15. The van der Waals surface area contributed by atoms with Crippen LogP contribution in [0.1, 0.15) is 0 Å². The van der Waals surface area contributed by atoms with E-state index in [4.69, 9.17) is 0 Å². The first kappa shape index (κ1) is 16.0. The third-order valence-electron chi connectivity index (χ3n) is 3.12. The summed E-state index contributed by atoms with van der Waals surface area (Å²) < 4.78 is 24.5. The van der Waals surface area contributed by atoms with E-state index in [1.807, 2.05) is 0 Å². The van der Waals surface area contributed by atoms with Gasteiger partial charge in [0.1, 0.15) is 12.2 Å². The van der Waals surface area contributed by atoms with Crippen molar-refractivity contribution >= 4 is 9.84 Å². The van der Waals surface area contributed by atoms with Crippen LogP contribution in [0.4, 0.5) is 0 Å². The lowest BCUT2D eigenvalue weighted by molar-refractivity contribution is -0.174. The Hall–Kier alpha value is -1.33. The topological polar surface area (TPSA) is 156 Å². The van der Waals surface area contributed by atoms with Crippen LogP contribution in [-0.4, -0.2) is 62.8 Å². The van der Waals surface area contributed by atoms with Gasteiger partial charge in [-0.2, -0.15) is 0 Å². The maximum atomic E-state index is 12.3. The Morgan fingerprint density at radius 2 is 1.14 bits per heavy atom. The molecule has 9 heteroatoms. The lowest BCUT2D eigenvalue weighted by Crippen LogP contribution is -2.42. The molecule has 0 aromatic heterocycles. The summed E-state index contributed by atoms with van der Waals surface area (Å²) in [6.45, 7) is 0. The molecule has 2 rings (SSSR count). The molecule has 0 aromatic carbocycles. The maximum absolute atomic E-state index is 12.3. The highest BCUT2D eigenvalue weighted by atomic mass is 32.2. The van der Waals surface area contributed by atoms with Gasteiger partial charge in [-0.25, -0.2) is 8.42 Å². The Labute approximate surface area is 119 Å². The minimum atomic E-state index is -4.17. The molecule has 0 aliphatic heterocycles. The molecule has 0 fully saturated rings. The normalized spacial score (nSPS) is 30.8. The van der Waals surface area contributed by atoms with Crippen LogP contribution >= 0.6 is 0 Å². The molecule has 0 saturated heterocycles. The van der Waals surface area contributed by atoms with Crippen molar-refractivity contribution in [1.82, 2.24) is 0 Å². The van der Waals surface area contributed by atoms with Crippen LogP contribution < -0.4 is 0 Å². The number of aliphatic hydroxyl groups is 6. The molecule has 0 saturated carbocycles. The van der Waals surface area contributed by atoms with Gasteiger partial charge < -0.3 is 30.6 Å². The van der Waals surface area contributed by atoms with Crippen molar-refractivity contribution in [3.63, 3.8) is 0 Å². The molecule has 0 spiro atoms. The van der Waals surface area contributed by atoms with Gasteiger partial charge in [0.15, 0.2) is 0 Å². The Balaban J connectivity index is 2.38. The fraction of sp³-hybridized carbons (Fsp3) is 0.333. The second-order valence-electron chi connectivity index (χ2n) is 4.76. The third kappa shape index (κ3) is 2.85. The first-order valence-electron chi connectivity index (χ1n) is 5.80. The quantitative estimate of drug-likeness (QED) is 0.303. The lowest BCUT2D eigenvalue weighted by atomic mass is 10.1. The fourth-order valence-electron chi connectivity index (χ4n) is 1.77. The zero-order chi connectivity index (χ0) is 16.1. The molecule has 0 radical (unpaired) electrons. The zero-order valence-corrected chi connectivity index (χ0v) is 11.3. The van der Waals surface area contributed by atoms with Gasteiger partial charge in [0.25, 0.3) is 0 Å². The minimum absolute atomic E-state index is 0.416. The van der Waals surface area contributed by atoms with E-state index in [2.05, 4.69) is 0 Å². The predicted octanol–water partition coefficient (Wildman–Crippen LogP) is -2.61. The molecule has 0 aromatic rings. The summed E-state index contributed by atoms with van der Waals surface area (Å²) in [6, 6.07) is 0. The second-order valence-corrected chi connectivity index (χ2v) is 6.71. The van der Waals surface area contributed by atoms with Crippen LogP contribution in [0.5, 0.6) is 0 Å². The molecule has 2 aliphatic carbocycles. The lowest BCUT2D eigenvalue weighted by Gasteiger charge is -2.27. The van der Waals surface area contributed by atoms with Gasteiger partial charge in [0.05, 0.1) is 9.81 Å². The molecule has 2 aliphatic rings. The highest BCUT2D eigenvalue weighted by molar-refractivity contribution is 7.99. The van der Waals surface area contributed by atoms with E-state index in [-0.39, 0.29) is 0 Å². The predicted molar refractivity (Wildman–Crippen MR) is 69.7 cm³/mol. The number of aliphatic hydroxyl groups excluding tert-OH is 2. The Morgan fingerprint density at radius 3 is 1.43 bits per heavy atom. The van der Waals surface area contributed by atoms with Crippen LogP contribution in [0.25, 0.3) is 0 Å². The standard InChI is InChI=1S/C12H14O8S/c13-9-5-7(1-3-11(9,15)16)21(19,20)8-2-4-12(17,18)10(14)6-8/h1-6,9-10,13-18H. The number of hydrogen-bond donors (Lipinski definition) is 6. The van der Waals surface area contributed by atoms with Crippen molar-refractivity contribution in [3.8, 4) is 0 Å². The number of hydrogen-bond acceptors (Lipinski definition) is 8. The smallest absolute Gasteiger partial charge is 0.213 e. The van der Waals surface area contributed by atoms with Gasteiger partial charge >= 0.3 is 0 Å². The third-order valence-corrected chi connectivity index (χ3v) is 4.91. The molecule has 2 unspecified atom stereocenters. The van der Waals surface area contributed by atoms with Crippen molar-refractivity contribution in [2.24, 2.45) is 0 Å². The van der Waals surface area contributed by atoms with Crippen molar-refractivity contribution in [2.75, 3.05) is 0 Å². The summed E-state index contributed by atoms with van der Waals surface area (Å²) in [5, 5.41) is 56.1. The van der Waals surface area contributed by atoms with Crippen molar-refractivity contribution < 1.29 is 39.1 Å². The summed E-state index contributed by atoms with van der Waals surface area (Å²) in [5.74, 6) is -5.14. The number of rotatable bonds is 2. The Morgan fingerprint density at radius 1 is 0.810 bits per heavy atom. The van der Waals surface area contributed by atoms with Gasteiger partial charge in [0, 0.05) is 0 Å². The van der Waals surface area contributed by atoms with Crippen LogP contribution in [0.15, 0.2) is 46.3 Å². The monoisotopic (exact) mass is 318 g/mol. The average Bonchev–Trinajstić information content (AvgIpc) is 2.35. The second kappa shape index (κ2) is 4.85. The van der Waals surface area contributed by atoms with Crippen molar-refractivity contribution in [1.29, 1.82) is 0 Å². The molecule has 21 heavy (non-hydrogen) atoms. The first-order chi connectivity index (χ1) is 9.47. The van der Waals surface area contributed by atoms with Crippen molar-refractivity contribution in [3.05, 3.63) is 46.3 Å².